The number of hydrogen-bond donors (Lipinski definition) is 2. The van der Waals surface area contributed by atoms with E-state index in [0.29, 0.717) is 45.8 Å². The molecule has 1 aliphatic rings. The molecule has 7 heteroatoms. The number of thiazole rings is 1. The number of Topliss-reactive ketones (excluding diaryl/α,β-unsaturated/α-hetero) is 2. The van der Waals surface area contributed by atoms with Gasteiger partial charge in [0, 0.05) is 35.1 Å². The molecule has 0 atom stereocenters. The normalized spacial score (nSPS) is 14.8. The van der Waals surface area contributed by atoms with Crippen molar-refractivity contribution in [3.8, 4) is 11.6 Å². The van der Waals surface area contributed by atoms with Crippen molar-refractivity contribution in [1.82, 2.24) is 4.98 Å². The molecule has 3 rings (SSSR count). The quantitative estimate of drug-likeness (QED) is 0.727. The summed E-state index contributed by atoms with van der Waals surface area (Å²) in [7, 11) is 0. The van der Waals surface area contributed by atoms with Gasteiger partial charge in [0.2, 0.25) is 5.88 Å². The van der Waals surface area contributed by atoms with Gasteiger partial charge in [-0.1, -0.05) is 23.5 Å². The van der Waals surface area contributed by atoms with Crippen molar-refractivity contribution >= 4 is 22.9 Å². The smallest absolute Gasteiger partial charge is 0.307 e. The highest BCUT2D eigenvalue weighted by Gasteiger charge is 2.27. The van der Waals surface area contributed by atoms with E-state index >= 15 is 0 Å². The molecule has 0 fully saturated rings. The van der Waals surface area contributed by atoms with Gasteiger partial charge in [-0.05, 0) is 38.5 Å². The van der Waals surface area contributed by atoms with Crippen molar-refractivity contribution in [2.75, 3.05) is 6.61 Å². The van der Waals surface area contributed by atoms with E-state index in [1.165, 1.54) is 0 Å². The first-order chi connectivity index (χ1) is 13.3. The van der Waals surface area contributed by atoms with Crippen molar-refractivity contribution in [3.63, 3.8) is 0 Å². The minimum Gasteiger partial charge on any atom is -0.494 e. The van der Waals surface area contributed by atoms with Crippen molar-refractivity contribution in [3.05, 3.63) is 66.7 Å². The summed E-state index contributed by atoms with van der Waals surface area (Å²) >= 11 is 0.983. The first kappa shape index (κ1) is 19.8. The predicted molar refractivity (Wildman–Crippen MR) is 107 cm³/mol. The Labute approximate surface area is 166 Å². The second kappa shape index (κ2) is 7.98. The van der Waals surface area contributed by atoms with E-state index in [1.807, 2.05) is 12.1 Å². The zero-order valence-electron chi connectivity index (χ0n) is 15.9. The van der Waals surface area contributed by atoms with Crippen LogP contribution < -0.4 is 9.61 Å². The van der Waals surface area contributed by atoms with E-state index in [9.17, 15) is 19.5 Å². The molecule has 2 aromatic rings. The molecule has 28 heavy (non-hydrogen) atoms. The van der Waals surface area contributed by atoms with E-state index in [0.717, 1.165) is 16.9 Å². The number of carbonyl (C=O) groups is 2. The molecule has 1 aliphatic carbocycles. The lowest BCUT2D eigenvalue weighted by atomic mass is 9.85. The Hall–Kier alpha value is -2.93. The average molecular weight is 399 g/mol. The molecule has 0 amide bonds. The molecule has 2 N–H and O–H groups in total. The number of aromatic amines is 1. The lowest BCUT2D eigenvalue weighted by molar-refractivity contribution is -0.116. The molecule has 0 saturated heterocycles. The van der Waals surface area contributed by atoms with E-state index in [2.05, 4.69) is 4.98 Å². The van der Waals surface area contributed by atoms with Crippen LogP contribution in [-0.4, -0.2) is 28.3 Å². The number of ether oxygens (including phenoxy) is 1. The van der Waals surface area contributed by atoms with Crippen LogP contribution in [0.2, 0.25) is 0 Å². The van der Waals surface area contributed by atoms with E-state index < -0.39 is 0 Å². The Morgan fingerprint density at radius 1 is 0.964 bits per heavy atom. The summed E-state index contributed by atoms with van der Waals surface area (Å²) in [6, 6.07) is 7.31. The van der Waals surface area contributed by atoms with Gasteiger partial charge >= 0.3 is 4.87 Å². The van der Waals surface area contributed by atoms with Crippen molar-refractivity contribution in [2.45, 2.75) is 33.6 Å². The first-order valence-corrected chi connectivity index (χ1v) is 9.69. The maximum atomic E-state index is 12.4. The van der Waals surface area contributed by atoms with Crippen LogP contribution in [0.4, 0.5) is 0 Å². The Bertz CT molecular complexity index is 1050. The highest BCUT2D eigenvalue weighted by atomic mass is 32.1. The van der Waals surface area contributed by atoms with E-state index in [4.69, 9.17) is 4.74 Å². The van der Waals surface area contributed by atoms with Gasteiger partial charge in [0.05, 0.1) is 11.5 Å². The number of allylic oxidation sites excluding steroid dienone is 3. The first-order valence-electron chi connectivity index (χ1n) is 8.87. The van der Waals surface area contributed by atoms with Gasteiger partial charge in [0.1, 0.15) is 5.75 Å². The summed E-state index contributed by atoms with van der Waals surface area (Å²) < 4.78 is 5.72. The van der Waals surface area contributed by atoms with Crippen LogP contribution in [0.25, 0.3) is 0 Å². The maximum absolute atomic E-state index is 12.4. The van der Waals surface area contributed by atoms with Gasteiger partial charge in [0.25, 0.3) is 0 Å². The molecule has 0 aliphatic heterocycles. The van der Waals surface area contributed by atoms with Crippen LogP contribution in [0.3, 0.4) is 0 Å². The van der Waals surface area contributed by atoms with Crippen LogP contribution in [-0.2, 0) is 16.0 Å². The molecule has 1 aromatic carbocycles. The van der Waals surface area contributed by atoms with Gasteiger partial charge in [-0.2, -0.15) is 0 Å². The molecule has 0 bridgehead atoms. The second-order valence-corrected chi connectivity index (χ2v) is 7.79. The van der Waals surface area contributed by atoms with Crippen molar-refractivity contribution in [2.24, 2.45) is 0 Å². The van der Waals surface area contributed by atoms with Crippen LogP contribution in [0.5, 0.6) is 11.6 Å². The Morgan fingerprint density at radius 3 is 2.21 bits per heavy atom. The number of hydrogen-bond acceptors (Lipinski definition) is 6. The number of aromatic hydroxyl groups is 1. The summed E-state index contributed by atoms with van der Waals surface area (Å²) in [6.45, 7) is 5.34. The van der Waals surface area contributed by atoms with Crippen LogP contribution in [0.1, 0.15) is 37.6 Å². The Kier molecular flexibility index (Phi) is 5.65. The zero-order chi connectivity index (χ0) is 20.4. The number of ketones is 2. The zero-order valence-corrected chi connectivity index (χ0v) is 16.7. The van der Waals surface area contributed by atoms with Crippen molar-refractivity contribution < 1.29 is 19.4 Å². The summed E-state index contributed by atoms with van der Waals surface area (Å²) in [5.74, 6) is 0.391. The number of rotatable bonds is 6. The average Bonchev–Trinajstić information content (AvgIpc) is 2.99. The summed E-state index contributed by atoms with van der Waals surface area (Å²) in [5.41, 5.74) is 2.96. The number of aromatic nitrogens is 1. The van der Waals surface area contributed by atoms with E-state index in [-0.39, 0.29) is 28.9 Å². The summed E-state index contributed by atoms with van der Waals surface area (Å²) in [6.07, 6.45) is 0.817. The fraction of sp³-hybridized carbons (Fsp3) is 0.286. The molecule has 1 aromatic heterocycles. The van der Waals surface area contributed by atoms with Gasteiger partial charge in [-0.3, -0.25) is 19.4 Å². The summed E-state index contributed by atoms with van der Waals surface area (Å²) in [4.78, 5) is 38.5. The van der Waals surface area contributed by atoms with Crippen molar-refractivity contribution in [1.29, 1.82) is 0 Å². The standard InChI is InChI=1S/C21H21NO5S/c1-11-12(2)19(24)16(13(3)18(11)23)8-9-27-15-6-4-14(5-7-15)10-17-20(25)22-21(26)28-17/h4-7,25H,8-10H2,1-3H3,(H,22,26). The minimum atomic E-state index is -0.284. The fourth-order valence-electron chi connectivity index (χ4n) is 3.09. The van der Waals surface area contributed by atoms with Gasteiger partial charge < -0.3 is 9.84 Å². The lowest BCUT2D eigenvalue weighted by Crippen LogP contribution is -2.21. The molecule has 6 nitrogen and oxygen atoms in total. The molecular formula is C21H21NO5S. The Balaban J connectivity index is 1.60. The highest BCUT2D eigenvalue weighted by Crippen LogP contribution is 2.26. The number of nitrogens with one attached hydrogen (secondary N) is 1. The molecule has 1 heterocycles. The van der Waals surface area contributed by atoms with Crippen LogP contribution >= 0.6 is 11.3 Å². The molecule has 0 radical (unpaired) electrons. The second-order valence-electron chi connectivity index (χ2n) is 6.72. The van der Waals surface area contributed by atoms with Crippen LogP contribution in [0.15, 0.2) is 51.4 Å². The highest BCUT2D eigenvalue weighted by molar-refractivity contribution is 7.09. The molecule has 146 valence electrons. The van der Waals surface area contributed by atoms with Gasteiger partial charge in [0.15, 0.2) is 11.6 Å². The molecule has 0 spiro atoms. The number of carbonyl (C=O) groups excluding carboxylic acids is 2. The third kappa shape index (κ3) is 3.99. The molecule has 0 unspecified atom stereocenters. The predicted octanol–water partition coefficient (Wildman–Crippen LogP) is 3.31. The number of benzene rings is 1. The monoisotopic (exact) mass is 399 g/mol. The molecule has 0 saturated carbocycles. The maximum Gasteiger partial charge on any atom is 0.307 e. The largest absolute Gasteiger partial charge is 0.494 e. The van der Waals surface area contributed by atoms with Gasteiger partial charge in [-0.25, -0.2) is 0 Å². The lowest BCUT2D eigenvalue weighted by Gasteiger charge is -2.18. The minimum absolute atomic E-state index is 0.0771. The Morgan fingerprint density at radius 2 is 1.61 bits per heavy atom. The fourth-order valence-corrected chi connectivity index (χ4v) is 3.85. The number of H-pyrrole nitrogens is 1. The third-order valence-corrected chi connectivity index (χ3v) is 5.79. The van der Waals surface area contributed by atoms with E-state index in [1.54, 1.807) is 32.9 Å². The molecular weight excluding hydrogens is 378 g/mol. The van der Waals surface area contributed by atoms with Gasteiger partial charge in [-0.15, -0.1) is 0 Å². The SMILES string of the molecule is CC1=C(C)C(=O)C(CCOc2ccc(Cc3sc(=O)[nH]c3O)cc2)=C(C)C1=O. The summed E-state index contributed by atoms with van der Waals surface area (Å²) in [5, 5.41) is 9.65. The topological polar surface area (TPSA) is 96.5 Å². The third-order valence-electron chi connectivity index (χ3n) is 4.92. The van der Waals surface area contributed by atoms with Crippen LogP contribution in [0, 0.1) is 0 Å².